The third-order valence-corrected chi connectivity index (χ3v) is 3.43. The molecule has 4 nitrogen and oxygen atoms in total. The van der Waals surface area contributed by atoms with Crippen LogP contribution >= 0.6 is 15.9 Å². The number of pyridine rings is 1. The summed E-state index contributed by atoms with van der Waals surface area (Å²) in [6.45, 7) is 1.95. The van der Waals surface area contributed by atoms with Crippen molar-refractivity contribution in [2.75, 3.05) is 5.73 Å². The lowest BCUT2D eigenvalue weighted by atomic mass is 10.3. The summed E-state index contributed by atoms with van der Waals surface area (Å²) >= 11 is 3.52. The van der Waals surface area contributed by atoms with Crippen LogP contribution in [-0.4, -0.2) is 14.5 Å². The van der Waals surface area contributed by atoms with E-state index in [1.807, 2.05) is 47.9 Å². The van der Waals surface area contributed by atoms with Crippen molar-refractivity contribution in [1.82, 2.24) is 14.5 Å². The maximum atomic E-state index is 6.00. The molecule has 0 unspecified atom stereocenters. The van der Waals surface area contributed by atoms with E-state index in [0.717, 1.165) is 27.0 Å². The molecule has 2 heterocycles. The van der Waals surface area contributed by atoms with Gasteiger partial charge in [0.25, 0.3) is 0 Å². The molecule has 0 radical (unpaired) electrons. The molecule has 5 heteroatoms. The van der Waals surface area contributed by atoms with Crippen molar-refractivity contribution in [2.45, 2.75) is 6.92 Å². The Morgan fingerprint density at radius 3 is 2.67 bits per heavy atom. The normalized spacial score (nSPS) is 11.0. The van der Waals surface area contributed by atoms with Gasteiger partial charge in [0, 0.05) is 10.2 Å². The maximum Gasteiger partial charge on any atom is 0.207 e. The van der Waals surface area contributed by atoms with Gasteiger partial charge in [-0.2, -0.15) is 0 Å². The van der Waals surface area contributed by atoms with Crippen LogP contribution in [0.3, 0.4) is 0 Å². The van der Waals surface area contributed by atoms with Crippen LogP contribution in [-0.2, 0) is 0 Å². The summed E-state index contributed by atoms with van der Waals surface area (Å²) in [6, 6.07) is 11.7. The van der Waals surface area contributed by atoms with Gasteiger partial charge in [0.1, 0.15) is 5.52 Å². The highest BCUT2D eigenvalue weighted by Gasteiger charge is 2.13. The molecule has 0 atom stereocenters. The van der Waals surface area contributed by atoms with E-state index in [1.165, 1.54) is 0 Å². The Bertz CT molecular complexity index is 733. The number of para-hydroxylation sites is 1. The molecule has 0 saturated carbocycles. The molecule has 90 valence electrons. The zero-order valence-electron chi connectivity index (χ0n) is 9.76. The van der Waals surface area contributed by atoms with Crippen molar-refractivity contribution in [1.29, 1.82) is 0 Å². The van der Waals surface area contributed by atoms with Crippen molar-refractivity contribution in [2.24, 2.45) is 0 Å². The number of fused-ring (bicyclic) bond motifs is 1. The first-order valence-electron chi connectivity index (χ1n) is 5.53. The monoisotopic (exact) mass is 302 g/mol. The third kappa shape index (κ3) is 1.67. The SMILES string of the molecule is Cc1ccc2nc(N)n(-c3ccccc3Br)c2n1. The number of hydrogen-bond donors (Lipinski definition) is 1. The number of aromatic nitrogens is 3. The standard InChI is InChI=1S/C13H11BrN4/c1-8-6-7-10-12(16-8)18(13(15)17-10)11-5-3-2-4-9(11)14/h2-7H,1H3,(H2,15,17). The zero-order chi connectivity index (χ0) is 12.7. The van der Waals surface area contributed by atoms with Crippen LogP contribution in [0.2, 0.25) is 0 Å². The second-order valence-corrected chi connectivity index (χ2v) is 4.91. The van der Waals surface area contributed by atoms with Gasteiger partial charge >= 0.3 is 0 Å². The topological polar surface area (TPSA) is 56.7 Å². The smallest absolute Gasteiger partial charge is 0.207 e. The minimum absolute atomic E-state index is 0.440. The van der Waals surface area contributed by atoms with Gasteiger partial charge in [0.05, 0.1) is 5.69 Å². The zero-order valence-corrected chi connectivity index (χ0v) is 11.3. The molecule has 3 aromatic rings. The number of anilines is 1. The molecule has 3 rings (SSSR count). The fourth-order valence-electron chi connectivity index (χ4n) is 1.94. The van der Waals surface area contributed by atoms with E-state index in [9.17, 15) is 0 Å². The summed E-state index contributed by atoms with van der Waals surface area (Å²) in [5, 5.41) is 0. The van der Waals surface area contributed by atoms with Crippen molar-refractivity contribution in [3.63, 3.8) is 0 Å². The number of nitrogens with two attached hydrogens (primary N) is 1. The van der Waals surface area contributed by atoms with Crippen LogP contribution in [0.1, 0.15) is 5.69 Å². The van der Waals surface area contributed by atoms with E-state index >= 15 is 0 Å². The molecule has 0 saturated heterocycles. The lowest BCUT2D eigenvalue weighted by molar-refractivity contribution is 1.07. The van der Waals surface area contributed by atoms with E-state index in [0.29, 0.717) is 5.95 Å². The average molecular weight is 303 g/mol. The molecule has 0 fully saturated rings. The van der Waals surface area contributed by atoms with Gasteiger partial charge < -0.3 is 5.73 Å². The second-order valence-electron chi connectivity index (χ2n) is 4.05. The van der Waals surface area contributed by atoms with Gasteiger partial charge in [-0.05, 0) is 47.1 Å². The largest absolute Gasteiger partial charge is 0.369 e. The van der Waals surface area contributed by atoms with Gasteiger partial charge in [-0.15, -0.1) is 0 Å². The van der Waals surface area contributed by atoms with Crippen molar-refractivity contribution in [3.8, 4) is 5.69 Å². The highest BCUT2D eigenvalue weighted by atomic mass is 79.9. The molecule has 2 N–H and O–H groups in total. The number of aryl methyl sites for hydroxylation is 1. The summed E-state index contributed by atoms with van der Waals surface area (Å²) in [5.41, 5.74) is 9.45. The van der Waals surface area contributed by atoms with Crippen molar-refractivity contribution >= 4 is 33.0 Å². The number of nitrogen functional groups attached to an aromatic ring is 1. The number of hydrogen-bond acceptors (Lipinski definition) is 3. The van der Waals surface area contributed by atoms with Gasteiger partial charge in [0.2, 0.25) is 5.95 Å². The van der Waals surface area contributed by atoms with E-state index in [2.05, 4.69) is 25.9 Å². The summed E-state index contributed by atoms with van der Waals surface area (Å²) in [4.78, 5) is 8.84. The van der Waals surface area contributed by atoms with Crippen LogP contribution in [0.25, 0.3) is 16.9 Å². The van der Waals surface area contributed by atoms with Crippen LogP contribution < -0.4 is 5.73 Å². The fraction of sp³-hybridized carbons (Fsp3) is 0.0769. The average Bonchev–Trinajstić information content (AvgIpc) is 2.66. The molecular formula is C13H11BrN4. The Labute approximate surface area is 113 Å². The predicted molar refractivity (Wildman–Crippen MR) is 75.7 cm³/mol. The van der Waals surface area contributed by atoms with Crippen LogP contribution in [0, 0.1) is 6.92 Å². The van der Waals surface area contributed by atoms with Crippen LogP contribution in [0.5, 0.6) is 0 Å². The number of benzene rings is 1. The van der Waals surface area contributed by atoms with E-state index in [1.54, 1.807) is 0 Å². The molecule has 0 aliphatic heterocycles. The lowest BCUT2D eigenvalue weighted by Crippen LogP contribution is -2.02. The molecule has 0 spiro atoms. The number of rotatable bonds is 1. The predicted octanol–water partition coefficient (Wildman–Crippen LogP) is 3.07. The van der Waals surface area contributed by atoms with Gasteiger partial charge in [-0.1, -0.05) is 12.1 Å². The van der Waals surface area contributed by atoms with Gasteiger partial charge in [0.15, 0.2) is 5.65 Å². The molecule has 18 heavy (non-hydrogen) atoms. The van der Waals surface area contributed by atoms with Crippen LogP contribution in [0.4, 0.5) is 5.95 Å². The first kappa shape index (κ1) is 11.2. The van der Waals surface area contributed by atoms with E-state index in [4.69, 9.17) is 5.73 Å². The quantitative estimate of drug-likeness (QED) is 0.751. The Balaban J connectivity index is 2.38. The van der Waals surface area contributed by atoms with Crippen molar-refractivity contribution < 1.29 is 0 Å². The minimum atomic E-state index is 0.440. The first-order valence-corrected chi connectivity index (χ1v) is 6.32. The highest BCUT2D eigenvalue weighted by Crippen LogP contribution is 2.27. The van der Waals surface area contributed by atoms with Gasteiger partial charge in [-0.3, -0.25) is 4.57 Å². The summed E-state index contributed by atoms with van der Waals surface area (Å²) in [5.74, 6) is 0.440. The first-order chi connectivity index (χ1) is 8.66. The summed E-state index contributed by atoms with van der Waals surface area (Å²) < 4.78 is 2.81. The molecule has 0 aliphatic carbocycles. The Hall–Kier alpha value is -1.88. The third-order valence-electron chi connectivity index (χ3n) is 2.76. The second kappa shape index (κ2) is 4.10. The summed E-state index contributed by atoms with van der Waals surface area (Å²) in [7, 11) is 0. The molecule has 0 aliphatic rings. The number of imidazole rings is 1. The molecule has 0 bridgehead atoms. The van der Waals surface area contributed by atoms with Crippen LogP contribution in [0.15, 0.2) is 40.9 Å². The minimum Gasteiger partial charge on any atom is -0.369 e. The molecule has 1 aromatic carbocycles. The number of nitrogens with zero attached hydrogens (tertiary/aromatic N) is 3. The maximum absolute atomic E-state index is 6.00. The Morgan fingerprint density at radius 1 is 1.11 bits per heavy atom. The Morgan fingerprint density at radius 2 is 1.89 bits per heavy atom. The lowest BCUT2D eigenvalue weighted by Gasteiger charge is -2.08. The highest BCUT2D eigenvalue weighted by molar-refractivity contribution is 9.10. The van der Waals surface area contributed by atoms with Gasteiger partial charge in [-0.25, -0.2) is 9.97 Å². The van der Waals surface area contributed by atoms with E-state index < -0.39 is 0 Å². The molecule has 2 aromatic heterocycles. The fourth-order valence-corrected chi connectivity index (χ4v) is 2.40. The van der Waals surface area contributed by atoms with Crippen molar-refractivity contribution in [3.05, 3.63) is 46.6 Å². The Kier molecular flexibility index (Phi) is 2.56. The van der Waals surface area contributed by atoms with E-state index in [-0.39, 0.29) is 0 Å². The molecular weight excluding hydrogens is 292 g/mol. The summed E-state index contributed by atoms with van der Waals surface area (Å²) in [6.07, 6.45) is 0. The molecule has 0 amide bonds. The number of halogens is 1.